The molecule has 0 saturated carbocycles. The number of nitrogens with one attached hydrogen (secondary N) is 1. The standard InChI is InChI=1S/C17H27NO3/c1-4-18-15(8-6-13(2)19-3)14-7-9-16-17(12-14)21-11-5-10-20-16/h7,9,12-13,15,18H,4-6,8,10-11H2,1-3H3. The Kier molecular flexibility index (Phi) is 6.33. The Bertz CT molecular complexity index is 436. The lowest BCUT2D eigenvalue weighted by Gasteiger charge is -2.21. The minimum atomic E-state index is 0.284. The van der Waals surface area contributed by atoms with Crippen LogP contribution in [0.5, 0.6) is 11.5 Å². The number of ether oxygens (including phenoxy) is 3. The van der Waals surface area contributed by atoms with Crippen molar-refractivity contribution in [3.8, 4) is 11.5 Å². The molecule has 1 heterocycles. The van der Waals surface area contributed by atoms with Gasteiger partial charge < -0.3 is 19.5 Å². The summed E-state index contributed by atoms with van der Waals surface area (Å²) in [5.74, 6) is 1.73. The molecule has 0 spiro atoms. The summed E-state index contributed by atoms with van der Waals surface area (Å²) >= 11 is 0. The van der Waals surface area contributed by atoms with E-state index in [2.05, 4.69) is 31.3 Å². The number of rotatable bonds is 7. The molecule has 0 bridgehead atoms. The summed E-state index contributed by atoms with van der Waals surface area (Å²) in [5.41, 5.74) is 1.25. The van der Waals surface area contributed by atoms with E-state index in [1.54, 1.807) is 7.11 Å². The monoisotopic (exact) mass is 293 g/mol. The molecule has 0 radical (unpaired) electrons. The largest absolute Gasteiger partial charge is 0.490 e. The second-order valence-corrected chi connectivity index (χ2v) is 5.49. The highest BCUT2D eigenvalue weighted by Gasteiger charge is 2.16. The molecule has 0 fully saturated rings. The number of fused-ring (bicyclic) bond motifs is 1. The molecule has 0 aliphatic carbocycles. The van der Waals surface area contributed by atoms with Crippen molar-refractivity contribution in [2.75, 3.05) is 26.9 Å². The van der Waals surface area contributed by atoms with Crippen LogP contribution in [0.25, 0.3) is 0 Å². The van der Waals surface area contributed by atoms with Gasteiger partial charge in [0.25, 0.3) is 0 Å². The summed E-state index contributed by atoms with van der Waals surface area (Å²) in [6.07, 6.45) is 3.29. The average Bonchev–Trinajstić information content (AvgIpc) is 2.75. The summed E-state index contributed by atoms with van der Waals surface area (Å²) in [5, 5.41) is 3.55. The van der Waals surface area contributed by atoms with E-state index in [0.717, 1.165) is 50.5 Å². The smallest absolute Gasteiger partial charge is 0.161 e. The second kappa shape index (κ2) is 8.25. The minimum Gasteiger partial charge on any atom is -0.490 e. The molecule has 2 rings (SSSR count). The highest BCUT2D eigenvalue weighted by atomic mass is 16.5. The molecule has 1 aromatic carbocycles. The van der Waals surface area contributed by atoms with Gasteiger partial charge in [0.15, 0.2) is 11.5 Å². The Labute approximate surface area is 127 Å². The van der Waals surface area contributed by atoms with Gasteiger partial charge in [0.2, 0.25) is 0 Å². The van der Waals surface area contributed by atoms with Crippen molar-refractivity contribution in [3.63, 3.8) is 0 Å². The van der Waals surface area contributed by atoms with Crippen LogP contribution in [0.1, 0.15) is 44.7 Å². The topological polar surface area (TPSA) is 39.7 Å². The van der Waals surface area contributed by atoms with E-state index < -0.39 is 0 Å². The van der Waals surface area contributed by atoms with Gasteiger partial charge in [-0.2, -0.15) is 0 Å². The highest BCUT2D eigenvalue weighted by Crippen LogP contribution is 2.33. The van der Waals surface area contributed by atoms with Crippen LogP contribution >= 0.6 is 0 Å². The fraction of sp³-hybridized carbons (Fsp3) is 0.647. The normalized spacial score (nSPS) is 17.1. The minimum absolute atomic E-state index is 0.284. The van der Waals surface area contributed by atoms with Gasteiger partial charge >= 0.3 is 0 Å². The third-order valence-corrected chi connectivity index (χ3v) is 3.89. The first-order chi connectivity index (χ1) is 10.2. The lowest BCUT2D eigenvalue weighted by molar-refractivity contribution is 0.106. The molecule has 1 N–H and O–H groups in total. The van der Waals surface area contributed by atoms with Crippen molar-refractivity contribution in [2.24, 2.45) is 0 Å². The van der Waals surface area contributed by atoms with E-state index in [0.29, 0.717) is 6.04 Å². The summed E-state index contributed by atoms with van der Waals surface area (Å²) in [4.78, 5) is 0. The molecule has 2 atom stereocenters. The fourth-order valence-corrected chi connectivity index (χ4v) is 2.55. The van der Waals surface area contributed by atoms with E-state index >= 15 is 0 Å². The maximum absolute atomic E-state index is 5.79. The first kappa shape index (κ1) is 16.1. The van der Waals surface area contributed by atoms with Gasteiger partial charge in [0, 0.05) is 19.6 Å². The molecular formula is C17H27NO3. The summed E-state index contributed by atoms with van der Waals surface area (Å²) in [7, 11) is 1.76. The Hall–Kier alpha value is -1.26. The lowest BCUT2D eigenvalue weighted by Crippen LogP contribution is -2.22. The number of hydrogen-bond acceptors (Lipinski definition) is 4. The molecule has 0 aromatic heterocycles. The third-order valence-electron chi connectivity index (χ3n) is 3.89. The van der Waals surface area contributed by atoms with Crippen molar-refractivity contribution >= 4 is 0 Å². The maximum Gasteiger partial charge on any atom is 0.161 e. The molecule has 0 amide bonds. The van der Waals surface area contributed by atoms with Gasteiger partial charge in [-0.1, -0.05) is 13.0 Å². The molecule has 118 valence electrons. The van der Waals surface area contributed by atoms with Crippen LogP contribution in [0.2, 0.25) is 0 Å². The van der Waals surface area contributed by atoms with Crippen LogP contribution in [0.3, 0.4) is 0 Å². The molecule has 4 heteroatoms. The molecule has 2 unspecified atom stereocenters. The quantitative estimate of drug-likeness (QED) is 0.837. The van der Waals surface area contributed by atoms with Crippen LogP contribution in [-0.4, -0.2) is 33.0 Å². The van der Waals surface area contributed by atoms with Crippen LogP contribution in [0.4, 0.5) is 0 Å². The first-order valence-electron chi connectivity index (χ1n) is 7.90. The molecular weight excluding hydrogens is 266 g/mol. The van der Waals surface area contributed by atoms with Gasteiger partial charge in [-0.3, -0.25) is 0 Å². The van der Waals surface area contributed by atoms with Crippen LogP contribution < -0.4 is 14.8 Å². The summed E-state index contributed by atoms with van der Waals surface area (Å²) < 4.78 is 16.8. The van der Waals surface area contributed by atoms with Crippen LogP contribution in [0.15, 0.2) is 18.2 Å². The van der Waals surface area contributed by atoms with Crippen molar-refractivity contribution in [1.82, 2.24) is 5.32 Å². The zero-order valence-electron chi connectivity index (χ0n) is 13.4. The first-order valence-corrected chi connectivity index (χ1v) is 7.90. The van der Waals surface area contributed by atoms with Crippen molar-refractivity contribution in [3.05, 3.63) is 23.8 Å². The number of methoxy groups -OCH3 is 1. The molecule has 1 aromatic rings. The zero-order valence-corrected chi connectivity index (χ0v) is 13.4. The number of hydrogen-bond donors (Lipinski definition) is 1. The second-order valence-electron chi connectivity index (χ2n) is 5.49. The van der Waals surface area contributed by atoms with Gasteiger partial charge in [-0.15, -0.1) is 0 Å². The summed E-state index contributed by atoms with van der Waals surface area (Å²) in [6.45, 7) is 6.64. The predicted molar refractivity (Wildman–Crippen MR) is 84.2 cm³/mol. The fourth-order valence-electron chi connectivity index (χ4n) is 2.55. The lowest BCUT2D eigenvalue weighted by atomic mass is 10.00. The van der Waals surface area contributed by atoms with E-state index in [1.165, 1.54) is 5.56 Å². The predicted octanol–water partition coefficient (Wildman–Crippen LogP) is 3.31. The van der Waals surface area contributed by atoms with Crippen molar-refractivity contribution in [2.45, 2.75) is 45.3 Å². The molecule has 0 saturated heterocycles. The van der Waals surface area contributed by atoms with Crippen molar-refractivity contribution < 1.29 is 14.2 Å². The molecule has 21 heavy (non-hydrogen) atoms. The van der Waals surface area contributed by atoms with Gasteiger partial charge in [-0.05, 0) is 44.0 Å². The number of benzene rings is 1. The van der Waals surface area contributed by atoms with E-state index in [1.807, 2.05) is 6.07 Å². The SMILES string of the molecule is CCNC(CCC(C)OC)c1ccc2c(c1)OCCCO2. The zero-order chi connectivity index (χ0) is 15.1. The van der Waals surface area contributed by atoms with E-state index in [-0.39, 0.29) is 6.10 Å². The van der Waals surface area contributed by atoms with Gasteiger partial charge in [0.1, 0.15) is 0 Å². The maximum atomic E-state index is 5.79. The summed E-state index contributed by atoms with van der Waals surface area (Å²) in [6, 6.07) is 6.61. The molecule has 4 nitrogen and oxygen atoms in total. The van der Waals surface area contributed by atoms with Crippen molar-refractivity contribution in [1.29, 1.82) is 0 Å². The van der Waals surface area contributed by atoms with E-state index in [9.17, 15) is 0 Å². The van der Waals surface area contributed by atoms with E-state index in [4.69, 9.17) is 14.2 Å². The van der Waals surface area contributed by atoms with Gasteiger partial charge in [0.05, 0.1) is 19.3 Å². The molecule has 1 aliphatic heterocycles. The third kappa shape index (κ3) is 4.61. The molecule has 1 aliphatic rings. The van der Waals surface area contributed by atoms with Gasteiger partial charge in [-0.25, -0.2) is 0 Å². The Morgan fingerprint density at radius 1 is 1.19 bits per heavy atom. The Balaban J connectivity index is 2.10. The Morgan fingerprint density at radius 2 is 1.95 bits per heavy atom. The average molecular weight is 293 g/mol. The van der Waals surface area contributed by atoms with Crippen LogP contribution in [-0.2, 0) is 4.74 Å². The Morgan fingerprint density at radius 3 is 2.67 bits per heavy atom. The van der Waals surface area contributed by atoms with Crippen LogP contribution in [0, 0.1) is 0 Å². The highest BCUT2D eigenvalue weighted by molar-refractivity contribution is 5.44.